The average molecular weight is 435 g/mol. The van der Waals surface area contributed by atoms with Gasteiger partial charge in [-0.05, 0) is 30.3 Å². The van der Waals surface area contributed by atoms with E-state index in [0.29, 0.717) is 62.3 Å². The molecule has 0 saturated carbocycles. The molecule has 6 nitrogen and oxygen atoms in total. The first-order valence-corrected chi connectivity index (χ1v) is 10.2. The Morgan fingerprint density at radius 1 is 0.968 bits per heavy atom. The molecule has 1 fully saturated rings. The Balaban J connectivity index is 1.29. The number of halogens is 3. The zero-order valence-electron chi connectivity index (χ0n) is 17.0. The third-order valence-corrected chi connectivity index (χ3v) is 5.31. The lowest BCUT2D eigenvalue weighted by Gasteiger charge is -2.36. The Labute approximate surface area is 178 Å². The number of carbonyl (C=O) groups excluding carboxylic acids is 1. The van der Waals surface area contributed by atoms with Crippen molar-refractivity contribution >= 4 is 17.3 Å². The van der Waals surface area contributed by atoms with Crippen molar-refractivity contribution in [1.29, 1.82) is 0 Å². The predicted molar refractivity (Wildman–Crippen MR) is 111 cm³/mol. The van der Waals surface area contributed by atoms with Crippen LogP contribution in [0.1, 0.15) is 12.0 Å². The van der Waals surface area contributed by atoms with E-state index in [2.05, 4.69) is 5.32 Å². The van der Waals surface area contributed by atoms with Gasteiger partial charge in [-0.25, -0.2) is 0 Å². The van der Waals surface area contributed by atoms with Gasteiger partial charge in [0.25, 0.3) is 0 Å². The summed E-state index contributed by atoms with van der Waals surface area (Å²) in [4.78, 5) is 16.4. The van der Waals surface area contributed by atoms with E-state index in [1.165, 1.54) is 12.1 Å². The maximum Gasteiger partial charge on any atom is 0.416 e. The molecular weight excluding hydrogens is 411 g/mol. The second-order valence-corrected chi connectivity index (χ2v) is 7.57. The zero-order valence-corrected chi connectivity index (χ0v) is 17.0. The third kappa shape index (κ3) is 5.41. The molecule has 2 aromatic carbocycles. The molecule has 1 saturated heterocycles. The zero-order chi connectivity index (χ0) is 21.8. The standard InChI is InChI=1S/C22H24F3N3O3/c23-22(24,25)16-3-1-4-18(13-16)28-9-7-27(8-10-28)15-21(29)26-17-5-6-19-20(14-17)31-12-2-11-30-19/h1,3-6,13-14H,2,7-12,15H2,(H,26,29). The number of benzene rings is 2. The number of ether oxygens (including phenoxy) is 2. The summed E-state index contributed by atoms with van der Waals surface area (Å²) in [6.45, 7) is 3.67. The van der Waals surface area contributed by atoms with Crippen LogP contribution in [-0.4, -0.2) is 56.7 Å². The monoisotopic (exact) mass is 435 g/mol. The molecular formula is C22H24F3N3O3. The summed E-state index contributed by atoms with van der Waals surface area (Å²) in [6, 6.07) is 10.7. The fraction of sp³-hybridized carbons (Fsp3) is 0.409. The fourth-order valence-corrected chi connectivity index (χ4v) is 3.69. The smallest absolute Gasteiger partial charge is 0.416 e. The topological polar surface area (TPSA) is 54.0 Å². The van der Waals surface area contributed by atoms with Crippen molar-refractivity contribution < 1.29 is 27.4 Å². The van der Waals surface area contributed by atoms with E-state index in [4.69, 9.17) is 9.47 Å². The highest BCUT2D eigenvalue weighted by Gasteiger charge is 2.31. The number of amides is 1. The first-order valence-electron chi connectivity index (χ1n) is 10.2. The van der Waals surface area contributed by atoms with E-state index < -0.39 is 11.7 Å². The van der Waals surface area contributed by atoms with Crippen molar-refractivity contribution in [3.63, 3.8) is 0 Å². The molecule has 0 unspecified atom stereocenters. The van der Waals surface area contributed by atoms with E-state index in [9.17, 15) is 18.0 Å². The molecule has 31 heavy (non-hydrogen) atoms. The van der Waals surface area contributed by atoms with Crippen LogP contribution < -0.4 is 19.7 Å². The Kier molecular flexibility index (Phi) is 6.22. The highest BCUT2D eigenvalue weighted by Crippen LogP contribution is 2.33. The van der Waals surface area contributed by atoms with Crippen molar-refractivity contribution in [2.75, 3.05) is 56.2 Å². The lowest BCUT2D eigenvalue weighted by atomic mass is 10.1. The summed E-state index contributed by atoms with van der Waals surface area (Å²) >= 11 is 0. The minimum atomic E-state index is -4.36. The molecule has 2 aromatic rings. The Hall–Kier alpha value is -2.94. The van der Waals surface area contributed by atoms with Gasteiger partial charge in [0.1, 0.15) is 0 Å². The van der Waals surface area contributed by atoms with E-state index in [1.54, 1.807) is 24.3 Å². The van der Waals surface area contributed by atoms with Crippen LogP contribution >= 0.6 is 0 Å². The summed E-state index contributed by atoms with van der Waals surface area (Å²) in [5, 5.41) is 2.87. The van der Waals surface area contributed by atoms with Crippen LogP contribution in [0.25, 0.3) is 0 Å². The molecule has 0 aliphatic carbocycles. The van der Waals surface area contributed by atoms with Gasteiger partial charge in [-0.2, -0.15) is 13.2 Å². The van der Waals surface area contributed by atoms with E-state index >= 15 is 0 Å². The van der Waals surface area contributed by atoms with Gasteiger partial charge in [-0.15, -0.1) is 0 Å². The van der Waals surface area contributed by atoms with E-state index in [1.807, 2.05) is 9.80 Å². The van der Waals surface area contributed by atoms with Gasteiger partial charge < -0.3 is 19.7 Å². The summed E-state index contributed by atoms with van der Waals surface area (Å²) in [6.07, 6.45) is -3.55. The van der Waals surface area contributed by atoms with Gasteiger partial charge >= 0.3 is 6.18 Å². The lowest BCUT2D eigenvalue weighted by Crippen LogP contribution is -2.48. The van der Waals surface area contributed by atoms with Gasteiger partial charge in [-0.3, -0.25) is 9.69 Å². The van der Waals surface area contributed by atoms with Crippen LogP contribution in [0, 0.1) is 0 Å². The van der Waals surface area contributed by atoms with E-state index in [0.717, 1.165) is 12.5 Å². The van der Waals surface area contributed by atoms with Crippen LogP contribution in [0.5, 0.6) is 11.5 Å². The molecule has 9 heteroatoms. The van der Waals surface area contributed by atoms with Gasteiger partial charge in [0.2, 0.25) is 5.91 Å². The largest absolute Gasteiger partial charge is 0.490 e. The number of hydrogen-bond acceptors (Lipinski definition) is 5. The van der Waals surface area contributed by atoms with Crippen LogP contribution in [0.2, 0.25) is 0 Å². The Bertz CT molecular complexity index is 928. The number of alkyl halides is 3. The van der Waals surface area contributed by atoms with Crippen molar-refractivity contribution in [3.05, 3.63) is 48.0 Å². The molecule has 1 amide bonds. The van der Waals surface area contributed by atoms with Gasteiger partial charge in [0.15, 0.2) is 11.5 Å². The Morgan fingerprint density at radius 2 is 1.71 bits per heavy atom. The third-order valence-electron chi connectivity index (χ3n) is 5.31. The maximum absolute atomic E-state index is 12.9. The van der Waals surface area contributed by atoms with E-state index in [-0.39, 0.29) is 12.5 Å². The second kappa shape index (κ2) is 9.05. The number of nitrogens with zero attached hydrogens (tertiary/aromatic N) is 2. The van der Waals surface area contributed by atoms with Gasteiger partial charge in [-0.1, -0.05) is 6.07 Å². The number of piperazine rings is 1. The number of carbonyl (C=O) groups is 1. The highest BCUT2D eigenvalue weighted by molar-refractivity contribution is 5.92. The van der Waals surface area contributed by atoms with Gasteiger partial charge in [0, 0.05) is 50.0 Å². The summed E-state index contributed by atoms with van der Waals surface area (Å²) in [5.41, 5.74) is 0.532. The quantitative estimate of drug-likeness (QED) is 0.795. The minimum Gasteiger partial charge on any atom is -0.490 e. The fourth-order valence-electron chi connectivity index (χ4n) is 3.69. The molecule has 0 spiro atoms. The van der Waals surface area contributed by atoms with Crippen molar-refractivity contribution in [2.45, 2.75) is 12.6 Å². The molecule has 0 bridgehead atoms. The van der Waals surface area contributed by atoms with Crippen LogP contribution in [0.3, 0.4) is 0 Å². The maximum atomic E-state index is 12.9. The molecule has 2 aliphatic heterocycles. The van der Waals surface area contributed by atoms with Crippen LogP contribution in [0.15, 0.2) is 42.5 Å². The van der Waals surface area contributed by atoms with Crippen LogP contribution in [0.4, 0.5) is 24.5 Å². The molecule has 4 rings (SSSR count). The first-order chi connectivity index (χ1) is 14.9. The molecule has 166 valence electrons. The number of anilines is 2. The summed E-state index contributed by atoms with van der Waals surface area (Å²) in [7, 11) is 0. The number of rotatable bonds is 4. The molecule has 0 atom stereocenters. The summed E-state index contributed by atoms with van der Waals surface area (Å²) < 4.78 is 50.1. The Morgan fingerprint density at radius 3 is 2.45 bits per heavy atom. The molecule has 2 aliphatic rings. The highest BCUT2D eigenvalue weighted by atomic mass is 19.4. The molecule has 2 heterocycles. The molecule has 0 aromatic heterocycles. The lowest BCUT2D eigenvalue weighted by molar-refractivity contribution is -0.137. The van der Waals surface area contributed by atoms with Crippen molar-refractivity contribution in [3.8, 4) is 11.5 Å². The molecule has 0 radical (unpaired) electrons. The van der Waals surface area contributed by atoms with Gasteiger partial charge in [0.05, 0.1) is 25.3 Å². The predicted octanol–water partition coefficient (Wildman–Crippen LogP) is 3.63. The van der Waals surface area contributed by atoms with Crippen molar-refractivity contribution in [2.24, 2.45) is 0 Å². The number of hydrogen-bond donors (Lipinski definition) is 1. The van der Waals surface area contributed by atoms with Crippen LogP contribution in [-0.2, 0) is 11.0 Å². The normalized spacial score (nSPS) is 17.2. The molecule has 1 N–H and O–H groups in total. The number of fused-ring (bicyclic) bond motifs is 1. The first kappa shape index (κ1) is 21.3. The average Bonchev–Trinajstić information content (AvgIpc) is 2.99. The summed E-state index contributed by atoms with van der Waals surface area (Å²) in [5.74, 6) is 1.13. The van der Waals surface area contributed by atoms with Crippen molar-refractivity contribution in [1.82, 2.24) is 4.90 Å². The SMILES string of the molecule is O=C(CN1CCN(c2cccc(C(F)(F)F)c2)CC1)Nc1ccc2c(c1)OCCCO2. The second-order valence-electron chi connectivity index (χ2n) is 7.57. The minimum absolute atomic E-state index is 0.151. The number of nitrogens with one attached hydrogen (secondary N) is 1.